The Morgan fingerprint density at radius 1 is 1.00 bits per heavy atom. The largest absolute Gasteiger partial charge is 0.458 e. The topological polar surface area (TPSA) is 77.3 Å². The molecule has 100 valence electrons. The molecule has 0 heterocycles. The summed E-state index contributed by atoms with van der Waals surface area (Å²) in [5, 5.41) is 6.32. The van der Waals surface area contributed by atoms with Gasteiger partial charge in [-0.3, -0.25) is 0 Å². The van der Waals surface area contributed by atoms with E-state index in [4.69, 9.17) is 9.47 Å². The van der Waals surface area contributed by atoms with Crippen molar-refractivity contribution in [2.75, 3.05) is 0 Å². The van der Waals surface area contributed by atoms with Gasteiger partial charge in [0.1, 0.15) is 11.9 Å². The zero-order valence-corrected chi connectivity index (χ0v) is 10.3. The smallest absolute Gasteiger partial charge is 0.444 e. The SMILES string of the molecule is O=C(N=NC(=O)OC1CCCC1)Oc1ccccc1. The molecule has 0 unspecified atom stereocenters. The Balaban J connectivity index is 1.77. The molecule has 0 bridgehead atoms. The van der Waals surface area contributed by atoms with Gasteiger partial charge in [0.15, 0.2) is 0 Å². The lowest BCUT2D eigenvalue weighted by Crippen LogP contribution is -2.11. The monoisotopic (exact) mass is 262 g/mol. The van der Waals surface area contributed by atoms with Crippen LogP contribution in [0.15, 0.2) is 40.6 Å². The van der Waals surface area contributed by atoms with E-state index < -0.39 is 12.2 Å². The van der Waals surface area contributed by atoms with E-state index in [0.29, 0.717) is 5.75 Å². The fraction of sp³-hybridized carbons (Fsp3) is 0.385. The van der Waals surface area contributed by atoms with Gasteiger partial charge in [-0.05, 0) is 37.8 Å². The van der Waals surface area contributed by atoms with Crippen LogP contribution in [0.3, 0.4) is 0 Å². The van der Waals surface area contributed by atoms with Gasteiger partial charge in [0.25, 0.3) is 0 Å². The molecule has 1 aliphatic rings. The van der Waals surface area contributed by atoms with Crippen LogP contribution >= 0.6 is 0 Å². The van der Waals surface area contributed by atoms with Gasteiger partial charge >= 0.3 is 12.2 Å². The maximum atomic E-state index is 11.3. The lowest BCUT2D eigenvalue weighted by atomic mass is 10.3. The molecule has 1 saturated carbocycles. The maximum absolute atomic E-state index is 11.3. The van der Waals surface area contributed by atoms with Gasteiger partial charge in [0.2, 0.25) is 0 Å². The number of nitrogens with zero attached hydrogens (tertiary/aromatic N) is 2. The average molecular weight is 262 g/mol. The van der Waals surface area contributed by atoms with Crippen molar-refractivity contribution in [2.45, 2.75) is 31.8 Å². The Morgan fingerprint density at radius 2 is 1.63 bits per heavy atom. The molecule has 0 spiro atoms. The third-order valence-electron chi connectivity index (χ3n) is 2.73. The Hall–Kier alpha value is -2.24. The molecule has 6 nitrogen and oxygen atoms in total. The highest BCUT2D eigenvalue weighted by molar-refractivity contribution is 5.74. The summed E-state index contributed by atoms with van der Waals surface area (Å²) in [7, 11) is 0. The van der Waals surface area contributed by atoms with Crippen molar-refractivity contribution < 1.29 is 19.1 Å². The maximum Gasteiger partial charge on any atom is 0.458 e. The van der Waals surface area contributed by atoms with Gasteiger partial charge in [-0.25, -0.2) is 9.59 Å². The molecule has 0 aromatic heterocycles. The number of hydrogen-bond donors (Lipinski definition) is 0. The normalized spacial score (nSPS) is 15.6. The second kappa shape index (κ2) is 6.63. The first-order valence-corrected chi connectivity index (χ1v) is 6.13. The first-order valence-electron chi connectivity index (χ1n) is 6.13. The van der Waals surface area contributed by atoms with Crippen molar-refractivity contribution >= 4 is 12.2 Å². The quantitative estimate of drug-likeness (QED) is 0.761. The summed E-state index contributed by atoms with van der Waals surface area (Å²) in [6, 6.07) is 8.43. The highest BCUT2D eigenvalue weighted by atomic mass is 16.6. The average Bonchev–Trinajstić information content (AvgIpc) is 2.90. The molecular weight excluding hydrogens is 248 g/mol. The van der Waals surface area contributed by atoms with E-state index in [9.17, 15) is 9.59 Å². The van der Waals surface area contributed by atoms with E-state index in [2.05, 4.69) is 10.2 Å². The summed E-state index contributed by atoms with van der Waals surface area (Å²) in [6.07, 6.45) is 1.88. The predicted octanol–water partition coefficient (Wildman–Crippen LogP) is 3.72. The molecule has 1 fully saturated rings. The second-order valence-electron chi connectivity index (χ2n) is 4.17. The first kappa shape index (κ1) is 13.2. The van der Waals surface area contributed by atoms with Crippen molar-refractivity contribution in [1.29, 1.82) is 0 Å². The lowest BCUT2D eigenvalue weighted by molar-refractivity contribution is 0.108. The Bertz CT molecular complexity index is 467. The summed E-state index contributed by atoms with van der Waals surface area (Å²) in [4.78, 5) is 22.5. The molecule has 1 aromatic rings. The molecule has 0 atom stereocenters. The molecule has 19 heavy (non-hydrogen) atoms. The minimum atomic E-state index is -0.949. The Morgan fingerprint density at radius 3 is 2.32 bits per heavy atom. The van der Waals surface area contributed by atoms with Crippen LogP contribution in [-0.4, -0.2) is 18.3 Å². The third kappa shape index (κ3) is 4.50. The van der Waals surface area contributed by atoms with Gasteiger partial charge in [-0.15, -0.1) is 0 Å². The fourth-order valence-corrected chi connectivity index (χ4v) is 1.86. The number of rotatable bonds is 2. The van der Waals surface area contributed by atoms with Crippen LogP contribution in [-0.2, 0) is 4.74 Å². The summed E-state index contributed by atoms with van der Waals surface area (Å²) >= 11 is 0. The molecular formula is C13H14N2O4. The molecule has 6 heteroatoms. The highest BCUT2D eigenvalue weighted by Crippen LogP contribution is 2.21. The number of para-hydroxylation sites is 1. The number of carbonyl (C=O) groups is 2. The van der Waals surface area contributed by atoms with Crippen molar-refractivity contribution in [3.8, 4) is 5.75 Å². The van der Waals surface area contributed by atoms with Crippen LogP contribution in [0.4, 0.5) is 9.59 Å². The summed E-state index contributed by atoms with van der Waals surface area (Å²) < 4.78 is 9.83. The number of azo groups is 1. The predicted molar refractivity (Wildman–Crippen MR) is 66.1 cm³/mol. The number of hydrogen-bond acceptors (Lipinski definition) is 4. The Kier molecular flexibility index (Phi) is 4.60. The van der Waals surface area contributed by atoms with Crippen LogP contribution < -0.4 is 4.74 Å². The van der Waals surface area contributed by atoms with Crippen molar-refractivity contribution in [3.63, 3.8) is 0 Å². The number of ether oxygens (including phenoxy) is 2. The van der Waals surface area contributed by atoms with Crippen LogP contribution in [0.1, 0.15) is 25.7 Å². The van der Waals surface area contributed by atoms with E-state index in [0.717, 1.165) is 25.7 Å². The summed E-state index contributed by atoms with van der Waals surface area (Å²) in [5.74, 6) is 0.343. The van der Waals surface area contributed by atoms with Crippen molar-refractivity contribution in [1.82, 2.24) is 0 Å². The standard InChI is InChI=1S/C13H14N2O4/c16-12(18-10-6-2-1-3-7-10)14-15-13(17)19-11-8-4-5-9-11/h1-3,6-7,11H,4-5,8-9H2. The van der Waals surface area contributed by atoms with Crippen LogP contribution in [0.5, 0.6) is 5.75 Å². The van der Waals surface area contributed by atoms with Gasteiger partial charge in [0, 0.05) is 0 Å². The van der Waals surface area contributed by atoms with E-state index in [-0.39, 0.29) is 6.10 Å². The van der Waals surface area contributed by atoms with Crippen LogP contribution in [0.25, 0.3) is 0 Å². The molecule has 2 rings (SSSR count). The fourth-order valence-electron chi connectivity index (χ4n) is 1.86. The van der Waals surface area contributed by atoms with E-state index in [1.807, 2.05) is 0 Å². The minimum absolute atomic E-state index is 0.100. The van der Waals surface area contributed by atoms with Crippen LogP contribution in [0, 0.1) is 0 Å². The minimum Gasteiger partial charge on any atom is -0.444 e. The molecule has 0 saturated heterocycles. The summed E-state index contributed by atoms with van der Waals surface area (Å²) in [6.45, 7) is 0. The van der Waals surface area contributed by atoms with E-state index in [1.165, 1.54) is 0 Å². The van der Waals surface area contributed by atoms with E-state index >= 15 is 0 Å². The lowest BCUT2D eigenvalue weighted by Gasteiger charge is -2.06. The van der Waals surface area contributed by atoms with Crippen molar-refractivity contribution in [3.05, 3.63) is 30.3 Å². The molecule has 0 radical (unpaired) electrons. The zero-order chi connectivity index (χ0) is 13.5. The third-order valence-corrected chi connectivity index (χ3v) is 2.73. The first-order chi connectivity index (χ1) is 9.24. The summed E-state index contributed by atoms with van der Waals surface area (Å²) in [5.41, 5.74) is 0. The molecule has 2 amide bonds. The molecule has 1 aliphatic carbocycles. The number of carbonyl (C=O) groups excluding carboxylic acids is 2. The van der Waals surface area contributed by atoms with Crippen LogP contribution in [0.2, 0.25) is 0 Å². The number of amides is 2. The van der Waals surface area contributed by atoms with E-state index in [1.54, 1.807) is 30.3 Å². The van der Waals surface area contributed by atoms with Gasteiger partial charge in [-0.1, -0.05) is 28.4 Å². The zero-order valence-electron chi connectivity index (χ0n) is 10.3. The Labute approximate surface area is 110 Å². The second-order valence-corrected chi connectivity index (χ2v) is 4.17. The van der Waals surface area contributed by atoms with Crippen molar-refractivity contribution in [2.24, 2.45) is 10.2 Å². The highest BCUT2D eigenvalue weighted by Gasteiger charge is 2.19. The van der Waals surface area contributed by atoms with Gasteiger partial charge in [0.05, 0.1) is 0 Å². The molecule has 0 aliphatic heterocycles. The number of benzene rings is 1. The molecule has 0 N–H and O–H groups in total. The van der Waals surface area contributed by atoms with Gasteiger partial charge < -0.3 is 9.47 Å². The van der Waals surface area contributed by atoms with Gasteiger partial charge in [-0.2, -0.15) is 0 Å². The molecule has 1 aromatic carbocycles.